The van der Waals surface area contributed by atoms with Gasteiger partial charge in [-0.05, 0) is 29.9 Å². The molecule has 0 saturated carbocycles. The molecule has 1 aliphatic carbocycles. The lowest BCUT2D eigenvalue weighted by molar-refractivity contribution is -0.159. The van der Waals surface area contributed by atoms with Crippen molar-refractivity contribution >= 4 is 5.97 Å². The van der Waals surface area contributed by atoms with Gasteiger partial charge in [-0.2, -0.15) is 13.2 Å². The molecule has 6 heteroatoms. The second-order valence-corrected chi connectivity index (χ2v) is 5.54. The van der Waals surface area contributed by atoms with Gasteiger partial charge in [0.05, 0.1) is 13.1 Å². The summed E-state index contributed by atoms with van der Waals surface area (Å²) in [6.45, 7) is 0.236. The number of rotatable bonds is 4. The molecule has 3 nitrogen and oxygen atoms in total. The molecule has 21 heavy (non-hydrogen) atoms. The first-order chi connectivity index (χ1) is 9.78. The second-order valence-electron chi connectivity index (χ2n) is 5.54. The van der Waals surface area contributed by atoms with Crippen molar-refractivity contribution in [1.82, 2.24) is 4.90 Å². The van der Waals surface area contributed by atoms with Crippen molar-refractivity contribution in [2.45, 2.75) is 37.9 Å². The van der Waals surface area contributed by atoms with E-state index in [1.807, 2.05) is 19.1 Å². The van der Waals surface area contributed by atoms with Crippen molar-refractivity contribution in [3.8, 4) is 0 Å². The number of hydrogen-bond acceptors (Lipinski definition) is 2. The van der Waals surface area contributed by atoms with Crippen molar-refractivity contribution in [1.29, 1.82) is 0 Å². The van der Waals surface area contributed by atoms with E-state index in [9.17, 15) is 18.0 Å². The van der Waals surface area contributed by atoms with Crippen LogP contribution in [0.1, 0.15) is 42.9 Å². The smallest absolute Gasteiger partial charge is 0.401 e. The van der Waals surface area contributed by atoms with Crippen LogP contribution in [0, 0.1) is 0 Å². The maximum atomic E-state index is 12.7. The van der Waals surface area contributed by atoms with Gasteiger partial charge in [-0.3, -0.25) is 9.69 Å². The van der Waals surface area contributed by atoms with E-state index >= 15 is 0 Å². The van der Waals surface area contributed by atoms with Crippen molar-refractivity contribution in [3.63, 3.8) is 0 Å². The molecule has 1 N–H and O–H groups in total. The number of nitrogens with zero attached hydrogens (tertiary/aromatic N) is 1. The van der Waals surface area contributed by atoms with Crippen LogP contribution in [0.4, 0.5) is 13.2 Å². The molecule has 0 fully saturated rings. The first-order valence-electron chi connectivity index (χ1n) is 6.89. The highest BCUT2D eigenvalue weighted by Crippen LogP contribution is 2.40. The fraction of sp³-hybridized carbons (Fsp3) is 0.533. The van der Waals surface area contributed by atoms with Gasteiger partial charge in [-0.1, -0.05) is 31.2 Å². The molecule has 1 aromatic rings. The lowest BCUT2D eigenvalue weighted by atomic mass is 9.80. The Bertz CT molecular complexity index is 516. The van der Waals surface area contributed by atoms with Crippen LogP contribution in [0.3, 0.4) is 0 Å². The summed E-state index contributed by atoms with van der Waals surface area (Å²) in [4.78, 5) is 11.9. The minimum atomic E-state index is -4.41. The monoisotopic (exact) mass is 301 g/mol. The highest BCUT2D eigenvalue weighted by Gasteiger charge is 2.37. The summed E-state index contributed by atoms with van der Waals surface area (Å²) in [7, 11) is 0. The van der Waals surface area contributed by atoms with Gasteiger partial charge in [-0.25, -0.2) is 0 Å². The second kappa shape index (κ2) is 6.05. The third kappa shape index (κ3) is 3.97. The van der Waals surface area contributed by atoms with E-state index in [0.29, 0.717) is 6.42 Å². The van der Waals surface area contributed by atoms with Crippen LogP contribution in [-0.2, 0) is 4.79 Å². The van der Waals surface area contributed by atoms with Crippen LogP contribution < -0.4 is 0 Å². The number of carbonyl (C=O) groups is 1. The summed E-state index contributed by atoms with van der Waals surface area (Å²) < 4.78 is 38.2. The first-order valence-corrected chi connectivity index (χ1v) is 6.89. The van der Waals surface area contributed by atoms with Gasteiger partial charge in [0.15, 0.2) is 0 Å². The molecule has 2 unspecified atom stereocenters. The average Bonchev–Trinajstić information content (AvgIpc) is 2.36. The average molecular weight is 301 g/mol. The quantitative estimate of drug-likeness (QED) is 0.924. The fourth-order valence-electron chi connectivity index (χ4n) is 3.04. The molecule has 0 aromatic heterocycles. The molecule has 116 valence electrons. The van der Waals surface area contributed by atoms with Crippen LogP contribution in [0.2, 0.25) is 0 Å². The van der Waals surface area contributed by atoms with Gasteiger partial charge in [-0.15, -0.1) is 0 Å². The summed E-state index contributed by atoms with van der Waals surface area (Å²) in [5.74, 6) is -0.953. The van der Waals surface area contributed by atoms with Crippen molar-refractivity contribution in [3.05, 3.63) is 35.4 Å². The molecular weight excluding hydrogens is 283 g/mol. The minimum Gasteiger partial charge on any atom is -0.480 e. The van der Waals surface area contributed by atoms with Gasteiger partial charge in [0, 0.05) is 6.04 Å². The number of carboxylic acids is 1. The zero-order valence-electron chi connectivity index (χ0n) is 11.7. The molecule has 1 aromatic carbocycles. The standard InChI is InChI=1S/C15H18F3NO2/c1-10-6-7-13(12-5-3-2-4-11(10)12)19(8-14(20)21)9-15(16,17)18/h2-5,10,13H,6-9H2,1H3,(H,20,21). The van der Waals surface area contributed by atoms with Crippen LogP contribution in [0.5, 0.6) is 0 Å². The summed E-state index contributed by atoms with van der Waals surface area (Å²) in [6, 6.07) is 6.88. The predicted octanol–water partition coefficient (Wildman–Crippen LogP) is 3.57. The third-order valence-corrected chi connectivity index (χ3v) is 3.92. The number of alkyl halides is 3. The molecule has 0 spiro atoms. The Kier molecular flexibility index (Phi) is 4.56. The molecule has 0 bridgehead atoms. The third-order valence-electron chi connectivity index (χ3n) is 3.92. The fourth-order valence-corrected chi connectivity index (χ4v) is 3.04. The maximum Gasteiger partial charge on any atom is 0.401 e. The highest BCUT2D eigenvalue weighted by atomic mass is 19.4. The number of benzene rings is 1. The van der Waals surface area contributed by atoms with E-state index in [-0.39, 0.29) is 5.92 Å². The Hall–Kier alpha value is -1.56. The molecule has 2 rings (SSSR count). The van der Waals surface area contributed by atoms with E-state index in [2.05, 4.69) is 0 Å². The minimum absolute atomic E-state index is 0.287. The molecule has 0 saturated heterocycles. The molecule has 1 aliphatic rings. The number of aliphatic carboxylic acids is 1. The Morgan fingerprint density at radius 2 is 1.90 bits per heavy atom. The normalized spacial score (nSPS) is 22.1. The van der Waals surface area contributed by atoms with Crippen molar-refractivity contribution < 1.29 is 23.1 Å². The van der Waals surface area contributed by atoms with E-state index in [0.717, 1.165) is 22.4 Å². The summed E-state index contributed by atoms with van der Waals surface area (Å²) >= 11 is 0. The molecule has 0 aliphatic heterocycles. The molecule has 2 atom stereocenters. The Balaban J connectivity index is 2.32. The summed E-state index contributed by atoms with van der Waals surface area (Å²) in [5.41, 5.74) is 1.84. The highest BCUT2D eigenvalue weighted by molar-refractivity contribution is 5.69. The van der Waals surface area contributed by atoms with E-state index in [1.165, 1.54) is 0 Å². The first kappa shape index (κ1) is 15.8. The maximum absolute atomic E-state index is 12.7. The van der Waals surface area contributed by atoms with Gasteiger partial charge >= 0.3 is 12.1 Å². The van der Waals surface area contributed by atoms with Gasteiger partial charge in [0.2, 0.25) is 0 Å². The van der Waals surface area contributed by atoms with Crippen molar-refractivity contribution in [2.24, 2.45) is 0 Å². The van der Waals surface area contributed by atoms with E-state index < -0.39 is 31.3 Å². The van der Waals surface area contributed by atoms with Crippen LogP contribution in [0.25, 0.3) is 0 Å². The SMILES string of the molecule is CC1CCC(N(CC(=O)O)CC(F)(F)F)c2ccccc21. The van der Waals surface area contributed by atoms with E-state index in [4.69, 9.17) is 5.11 Å². The lowest BCUT2D eigenvalue weighted by Crippen LogP contribution is -2.41. The Morgan fingerprint density at radius 1 is 1.29 bits per heavy atom. The molecule has 0 heterocycles. The van der Waals surface area contributed by atoms with Crippen LogP contribution in [-0.4, -0.2) is 35.2 Å². The zero-order chi connectivity index (χ0) is 15.6. The number of carboxylic acid groups (broad SMARTS) is 1. The Labute approximate surface area is 121 Å². The zero-order valence-corrected chi connectivity index (χ0v) is 11.7. The number of halogens is 3. The van der Waals surface area contributed by atoms with Crippen molar-refractivity contribution in [2.75, 3.05) is 13.1 Å². The Morgan fingerprint density at radius 3 is 2.48 bits per heavy atom. The van der Waals surface area contributed by atoms with Gasteiger partial charge in [0.1, 0.15) is 0 Å². The van der Waals surface area contributed by atoms with Crippen LogP contribution in [0.15, 0.2) is 24.3 Å². The number of fused-ring (bicyclic) bond motifs is 1. The van der Waals surface area contributed by atoms with Gasteiger partial charge in [0.25, 0.3) is 0 Å². The molecule has 0 amide bonds. The topological polar surface area (TPSA) is 40.5 Å². The molecular formula is C15H18F3NO2. The predicted molar refractivity (Wildman–Crippen MR) is 72.1 cm³/mol. The van der Waals surface area contributed by atoms with E-state index in [1.54, 1.807) is 12.1 Å². The van der Waals surface area contributed by atoms with Gasteiger partial charge < -0.3 is 5.11 Å². The lowest BCUT2D eigenvalue weighted by Gasteiger charge is -2.37. The van der Waals surface area contributed by atoms with Crippen LogP contribution >= 0.6 is 0 Å². The largest absolute Gasteiger partial charge is 0.480 e. The molecule has 0 radical (unpaired) electrons. The summed E-state index contributed by atoms with van der Waals surface area (Å²) in [6.07, 6.45) is -3.11. The number of hydrogen-bond donors (Lipinski definition) is 1. The summed E-state index contributed by atoms with van der Waals surface area (Å²) in [5, 5.41) is 8.90.